The lowest BCUT2D eigenvalue weighted by Gasteiger charge is -1.97. The lowest BCUT2D eigenvalue weighted by atomic mass is 10.2. The van der Waals surface area contributed by atoms with Crippen molar-refractivity contribution >= 4 is 40.6 Å². The Morgan fingerprint density at radius 1 is 1.39 bits per heavy atom. The van der Waals surface area contributed by atoms with Gasteiger partial charge in [0.1, 0.15) is 0 Å². The van der Waals surface area contributed by atoms with Gasteiger partial charge >= 0.3 is 0 Å². The summed E-state index contributed by atoms with van der Waals surface area (Å²) >= 11 is 4.54. The molecule has 0 aliphatic rings. The van der Waals surface area contributed by atoms with Crippen LogP contribution in [0.25, 0.3) is 0 Å². The van der Waals surface area contributed by atoms with Crippen molar-refractivity contribution in [2.24, 2.45) is 0 Å². The first kappa shape index (κ1) is 13.6. The average Bonchev–Trinajstić information content (AvgIpc) is 2.92. The van der Waals surface area contributed by atoms with Gasteiger partial charge in [-0.3, -0.25) is 4.79 Å². The third kappa shape index (κ3) is 3.15. The number of H-pyrrole nitrogens is 1. The Hall–Kier alpha value is -0.790. The Kier molecular flexibility index (Phi) is 4.47. The zero-order valence-electron chi connectivity index (χ0n) is 10.3. The maximum Gasteiger partial charge on any atom is 0.175 e. The number of Topliss-reactive ketones (excluding diaryl/α,β-unsaturated/α-hetero) is 1. The zero-order chi connectivity index (χ0) is 13.1. The maximum absolute atomic E-state index is 12.0. The number of aryl methyl sites for hydroxylation is 2. The predicted octanol–water partition coefficient (Wildman–Crippen LogP) is 3.18. The van der Waals surface area contributed by atoms with E-state index >= 15 is 0 Å². The first-order chi connectivity index (χ1) is 8.60. The quantitative estimate of drug-likeness (QED) is 0.679. The number of rotatable bonds is 5. The van der Waals surface area contributed by atoms with Gasteiger partial charge in [-0.05, 0) is 26.2 Å². The Morgan fingerprint density at radius 2 is 2.11 bits per heavy atom. The van der Waals surface area contributed by atoms with Crippen LogP contribution in [0.1, 0.15) is 21.7 Å². The van der Waals surface area contributed by atoms with Crippen LogP contribution in [0.2, 0.25) is 0 Å². The monoisotopic (exact) mass is 299 g/mol. The average molecular weight is 299 g/mol. The van der Waals surface area contributed by atoms with Gasteiger partial charge in [0, 0.05) is 17.0 Å². The van der Waals surface area contributed by atoms with Crippen molar-refractivity contribution < 1.29 is 4.79 Å². The molecule has 2 aromatic rings. The molecule has 0 bridgehead atoms. The highest BCUT2D eigenvalue weighted by Gasteiger charge is 2.13. The molecule has 0 saturated heterocycles. The van der Waals surface area contributed by atoms with Crippen LogP contribution >= 0.6 is 34.9 Å². The number of carbonyl (C=O) groups excluding carboxylic acids is 1. The summed E-state index contributed by atoms with van der Waals surface area (Å²) in [5.41, 5.74) is 2.72. The number of aromatic nitrogens is 3. The van der Waals surface area contributed by atoms with Crippen LogP contribution in [0.5, 0.6) is 0 Å². The van der Waals surface area contributed by atoms with Crippen LogP contribution < -0.4 is 0 Å². The highest BCUT2D eigenvalue weighted by atomic mass is 32.2. The molecule has 0 aliphatic carbocycles. The fourth-order valence-electron chi connectivity index (χ4n) is 1.56. The third-order valence-electron chi connectivity index (χ3n) is 2.34. The van der Waals surface area contributed by atoms with E-state index in [9.17, 15) is 4.79 Å². The number of carbonyl (C=O) groups is 1. The topological polar surface area (TPSA) is 58.6 Å². The highest BCUT2D eigenvalue weighted by Crippen LogP contribution is 2.28. The second kappa shape index (κ2) is 5.90. The Morgan fingerprint density at radius 3 is 2.67 bits per heavy atom. The van der Waals surface area contributed by atoms with Crippen molar-refractivity contribution in [2.75, 3.05) is 12.0 Å². The standard InChI is InChI=1S/C11H13N3OS3/c1-6-4-8(7(2)12-6)9(15)5-17-11-14-13-10(16-3)18-11/h4,12H,5H2,1-3H3. The van der Waals surface area contributed by atoms with E-state index < -0.39 is 0 Å². The van der Waals surface area contributed by atoms with E-state index in [1.165, 1.54) is 23.1 Å². The largest absolute Gasteiger partial charge is 0.362 e. The van der Waals surface area contributed by atoms with Crippen LogP contribution in [0.3, 0.4) is 0 Å². The normalized spacial score (nSPS) is 10.8. The van der Waals surface area contributed by atoms with E-state index in [4.69, 9.17) is 0 Å². The molecule has 18 heavy (non-hydrogen) atoms. The second-order valence-electron chi connectivity index (χ2n) is 3.74. The minimum atomic E-state index is 0.128. The number of nitrogens with zero attached hydrogens (tertiary/aromatic N) is 2. The highest BCUT2D eigenvalue weighted by molar-refractivity contribution is 8.03. The number of hydrogen-bond acceptors (Lipinski definition) is 6. The summed E-state index contributed by atoms with van der Waals surface area (Å²) in [6.07, 6.45) is 1.96. The number of ketones is 1. The second-order valence-corrected chi connectivity index (χ2v) is 6.99. The van der Waals surface area contributed by atoms with E-state index in [1.54, 1.807) is 11.8 Å². The molecule has 0 aromatic carbocycles. The predicted molar refractivity (Wildman–Crippen MR) is 77.0 cm³/mol. The SMILES string of the molecule is CSc1nnc(SCC(=O)c2cc(C)[nH]c2C)s1. The Balaban J connectivity index is 1.98. The van der Waals surface area contributed by atoms with Crippen LogP contribution in [0.15, 0.2) is 14.7 Å². The van der Waals surface area contributed by atoms with E-state index in [1.807, 2.05) is 26.2 Å². The molecule has 0 spiro atoms. The fraction of sp³-hybridized carbons (Fsp3) is 0.364. The third-order valence-corrected chi connectivity index (χ3v) is 5.37. The van der Waals surface area contributed by atoms with Crippen LogP contribution in [-0.2, 0) is 0 Å². The molecule has 0 atom stereocenters. The maximum atomic E-state index is 12.0. The zero-order valence-corrected chi connectivity index (χ0v) is 12.8. The summed E-state index contributed by atoms with van der Waals surface area (Å²) in [6.45, 7) is 3.87. The van der Waals surface area contributed by atoms with Gasteiger partial charge in [-0.2, -0.15) is 0 Å². The van der Waals surface area contributed by atoms with Crippen molar-refractivity contribution in [3.05, 3.63) is 23.0 Å². The molecule has 2 heterocycles. The molecule has 0 unspecified atom stereocenters. The van der Waals surface area contributed by atoms with Crippen LogP contribution in [-0.4, -0.2) is 33.0 Å². The minimum absolute atomic E-state index is 0.128. The molecule has 0 fully saturated rings. The smallest absolute Gasteiger partial charge is 0.175 e. The lowest BCUT2D eigenvalue weighted by molar-refractivity contribution is 0.102. The molecule has 1 N–H and O–H groups in total. The van der Waals surface area contributed by atoms with E-state index in [0.29, 0.717) is 5.75 Å². The van der Waals surface area contributed by atoms with Gasteiger partial charge in [-0.25, -0.2) is 0 Å². The van der Waals surface area contributed by atoms with Gasteiger partial charge in [-0.1, -0.05) is 34.9 Å². The Bertz CT molecular complexity index is 562. The van der Waals surface area contributed by atoms with E-state index in [-0.39, 0.29) is 5.78 Å². The van der Waals surface area contributed by atoms with Gasteiger partial charge in [0.05, 0.1) is 5.75 Å². The Labute approximate surface area is 118 Å². The number of hydrogen-bond donors (Lipinski definition) is 1. The van der Waals surface area contributed by atoms with Gasteiger partial charge in [-0.15, -0.1) is 10.2 Å². The molecule has 0 saturated carbocycles. The van der Waals surface area contributed by atoms with E-state index in [0.717, 1.165) is 25.6 Å². The molecule has 7 heteroatoms. The molecule has 0 amide bonds. The first-order valence-corrected chi connectivity index (χ1v) is 8.32. The minimum Gasteiger partial charge on any atom is -0.362 e. The summed E-state index contributed by atoms with van der Waals surface area (Å²) in [6, 6.07) is 1.89. The molecular formula is C11H13N3OS3. The van der Waals surface area contributed by atoms with Crippen molar-refractivity contribution in [1.82, 2.24) is 15.2 Å². The van der Waals surface area contributed by atoms with Crippen molar-refractivity contribution in [1.29, 1.82) is 0 Å². The van der Waals surface area contributed by atoms with Gasteiger partial charge < -0.3 is 4.98 Å². The molecule has 2 rings (SSSR count). The van der Waals surface area contributed by atoms with E-state index in [2.05, 4.69) is 15.2 Å². The van der Waals surface area contributed by atoms with Gasteiger partial charge in [0.25, 0.3) is 0 Å². The molecule has 96 valence electrons. The molecule has 0 radical (unpaired) electrons. The summed E-state index contributed by atoms with van der Waals surface area (Å²) < 4.78 is 1.77. The molecule has 0 aliphatic heterocycles. The first-order valence-electron chi connectivity index (χ1n) is 5.30. The summed E-state index contributed by atoms with van der Waals surface area (Å²) in [5.74, 6) is 0.531. The van der Waals surface area contributed by atoms with Crippen LogP contribution in [0, 0.1) is 13.8 Å². The fourth-order valence-corrected chi connectivity index (χ4v) is 3.88. The molecule has 2 aromatic heterocycles. The number of nitrogens with one attached hydrogen (secondary N) is 1. The van der Waals surface area contributed by atoms with Gasteiger partial charge in [0.2, 0.25) is 0 Å². The number of thioether (sulfide) groups is 2. The summed E-state index contributed by atoms with van der Waals surface area (Å²) in [4.78, 5) is 15.2. The van der Waals surface area contributed by atoms with Crippen LogP contribution in [0.4, 0.5) is 0 Å². The van der Waals surface area contributed by atoms with Gasteiger partial charge in [0.15, 0.2) is 14.5 Å². The van der Waals surface area contributed by atoms with Crippen molar-refractivity contribution in [3.63, 3.8) is 0 Å². The van der Waals surface area contributed by atoms with Crippen molar-refractivity contribution in [2.45, 2.75) is 22.5 Å². The summed E-state index contributed by atoms with van der Waals surface area (Å²) in [7, 11) is 0. The molecule has 4 nitrogen and oxygen atoms in total. The summed E-state index contributed by atoms with van der Waals surface area (Å²) in [5, 5.41) is 8.03. The lowest BCUT2D eigenvalue weighted by Crippen LogP contribution is -2.02. The number of aromatic amines is 1. The molecular weight excluding hydrogens is 286 g/mol. The van der Waals surface area contributed by atoms with Crippen molar-refractivity contribution in [3.8, 4) is 0 Å².